The molecule has 1 aromatic rings. The highest BCUT2D eigenvalue weighted by Gasteiger charge is 2.29. The maximum atomic E-state index is 12.7. The maximum absolute atomic E-state index is 12.7. The molecule has 1 aromatic carbocycles. The summed E-state index contributed by atoms with van der Waals surface area (Å²) in [5.74, 6) is -0.304. The highest BCUT2D eigenvalue weighted by molar-refractivity contribution is 7.89. The molecule has 0 spiro atoms. The highest BCUT2D eigenvalue weighted by Crippen LogP contribution is 2.29. The number of amides is 1. The zero-order valence-electron chi connectivity index (χ0n) is 14.0. The van der Waals surface area contributed by atoms with E-state index in [-0.39, 0.29) is 21.7 Å². The van der Waals surface area contributed by atoms with Crippen LogP contribution in [-0.4, -0.2) is 37.8 Å². The fraction of sp³-hybridized carbons (Fsp3) is 0.562. The highest BCUT2D eigenvalue weighted by atomic mass is 35.5. The van der Waals surface area contributed by atoms with E-state index in [0.717, 1.165) is 19.3 Å². The van der Waals surface area contributed by atoms with E-state index in [1.807, 2.05) is 13.8 Å². The van der Waals surface area contributed by atoms with E-state index in [1.165, 1.54) is 16.4 Å². The largest absolute Gasteiger partial charge is 0.325 e. The van der Waals surface area contributed by atoms with Gasteiger partial charge in [0, 0.05) is 18.8 Å². The number of sulfonamides is 1. The Kier molecular flexibility index (Phi) is 6.25. The second-order valence-corrected chi connectivity index (χ2v) is 8.47. The zero-order chi connectivity index (χ0) is 17.9. The van der Waals surface area contributed by atoms with Gasteiger partial charge in [0.25, 0.3) is 0 Å². The van der Waals surface area contributed by atoms with Crippen molar-refractivity contribution < 1.29 is 13.2 Å². The molecule has 24 heavy (non-hydrogen) atoms. The van der Waals surface area contributed by atoms with Crippen molar-refractivity contribution in [2.45, 2.75) is 44.0 Å². The number of carbonyl (C=O) groups excluding carboxylic acids is 1. The molecule has 0 saturated carbocycles. The minimum absolute atomic E-state index is 0.0148. The third-order valence-corrected chi connectivity index (χ3v) is 6.82. The van der Waals surface area contributed by atoms with Gasteiger partial charge in [0.2, 0.25) is 15.9 Å². The first-order valence-electron chi connectivity index (χ1n) is 8.13. The molecular formula is C16H24ClN3O3S. The van der Waals surface area contributed by atoms with Crippen molar-refractivity contribution in [1.82, 2.24) is 4.31 Å². The monoisotopic (exact) mass is 373 g/mol. The Morgan fingerprint density at radius 1 is 1.38 bits per heavy atom. The molecule has 1 fully saturated rings. The molecule has 134 valence electrons. The SMILES string of the molecule is CCC(C)C(N)C(=O)Nc1ccc(Cl)c(S(=O)(=O)N2CCCC2)c1. The van der Waals surface area contributed by atoms with Gasteiger partial charge in [0.15, 0.2) is 0 Å². The van der Waals surface area contributed by atoms with Gasteiger partial charge in [-0.05, 0) is 37.0 Å². The van der Waals surface area contributed by atoms with E-state index in [4.69, 9.17) is 17.3 Å². The predicted octanol–water partition coefficient (Wildman–Crippen LogP) is 2.44. The van der Waals surface area contributed by atoms with Gasteiger partial charge in [0.05, 0.1) is 11.1 Å². The topological polar surface area (TPSA) is 92.5 Å². The minimum Gasteiger partial charge on any atom is -0.325 e. The van der Waals surface area contributed by atoms with Crippen LogP contribution in [-0.2, 0) is 14.8 Å². The van der Waals surface area contributed by atoms with Crippen LogP contribution in [0.15, 0.2) is 23.1 Å². The molecule has 2 rings (SSSR count). The minimum atomic E-state index is -3.65. The Labute approximate surface area is 148 Å². The van der Waals surface area contributed by atoms with Crippen LogP contribution >= 0.6 is 11.6 Å². The van der Waals surface area contributed by atoms with E-state index in [1.54, 1.807) is 6.07 Å². The van der Waals surface area contributed by atoms with Crippen LogP contribution < -0.4 is 11.1 Å². The van der Waals surface area contributed by atoms with Crippen molar-refractivity contribution >= 4 is 33.2 Å². The average Bonchev–Trinajstić information content (AvgIpc) is 3.10. The first kappa shape index (κ1) is 19.2. The lowest BCUT2D eigenvalue weighted by atomic mass is 9.99. The lowest BCUT2D eigenvalue weighted by Crippen LogP contribution is -2.40. The van der Waals surface area contributed by atoms with Crippen molar-refractivity contribution in [1.29, 1.82) is 0 Å². The normalized spacial score (nSPS) is 18.3. The molecule has 3 N–H and O–H groups in total. The fourth-order valence-electron chi connectivity index (χ4n) is 2.58. The van der Waals surface area contributed by atoms with Crippen molar-refractivity contribution in [3.05, 3.63) is 23.2 Å². The number of carbonyl (C=O) groups is 1. The van der Waals surface area contributed by atoms with Gasteiger partial charge in [-0.25, -0.2) is 8.42 Å². The lowest BCUT2D eigenvalue weighted by Gasteiger charge is -2.19. The molecule has 1 saturated heterocycles. The molecule has 0 bridgehead atoms. The third kappa shape index (κ3) is 4.08. The van der Waals surface area contributed by atoms with Crippen LogP contribution in [0.25, 0.3) is 0 Å². The van der Waals surface area contributed by atoms with E-state index in [9.17, 15) is 13.2 Å². The van der Waals surface area contributed by atoms with E-state index >= 15 is 0 Å². The Morgan fingerprint density at radius 2 is 2.00 bits per heavy atom. The van der Waals surface area contributed by atoms with E-state index in [0.29, 0.717) is 18.8 Å². The number of benzene rings is 1. The summed E-state index contributed by atoms with van der Waals surface area (Å²) in [5, 5.41) is 2.83. The van der Waals surface area contributed by atoms with Gasteiger partial charge in [-0.15, -0.1) is 0 Å². The first-order valence-corrected chi connectivity index (χ1v) is 9.95. The predicted molar refractivity (Wildman–Crippen MR) is 95.5 cm³/mol. The summed E-state index contributed by atoms with van der Waals surface area (Å²) in [6.45, 7) is 4.85. The lowest BCUT2D eigenvalue weighted by molar-refractivity contribution is -0.118. The molecule has 8 heteroatoms. The Morgan fingerprint density at radius 3 is 2.58 bits per heavy atom. The number of hydrogen-bond donors (Lipinski definition) is 2. The number of rotatable bonds is 6. The molecular weight excluding hydrogens is 350 g/mol. The summed E-state index contributed by atoms with van der Waals surface area (Å²) in [5.41, 5.74) is 6.28. The molecule has 1 aliphatic rings. The van der Waals surface area contributed by atoms with Crippen LogP contribution in [0.1, 0.15) is 33.1 Å². The van der Waals surface area contributed by atoms with E-state index < -0.39 is 16.1 Å². The van der Waals surface area contributed by atoms with Crippen LogP contribution in [0.5, 0.6) is 0 Å². The molecule has 0 aliphatic carbocycles. The number of anilines is 1. The van der Waals surface area contributed by atoms with Crippen molar-refractivity contribution in [2.24, 2.45) is 11.7 Å². The molecule has 1 amide bonds. The van der Waals surface area contributed by atoms with Gasteiger partial charge in [0.1, 0.15) is 4.90 Å². The Hall–Kier alpha value is -1.15. The van der Waals surface area contributed by atoms with Gasteiger partial charge in [-0.3, -0.25) is 4.79 Å². The molecule has 2 atom stereocenters. The summed E-state index contributed by atoms with van der Waals surface area (Å²) < 4.78 is 26.8. The summed E-state index contributed by atoms with van der Waals surface area (Å²) >= 11 is 6.09. The van der Waals surface area contributed by atoms with Gasteiger partial charge in [-0.1, -0.05) is 31.9 Å². The first-order chi connectivity index (χ1) is 11.3. The van der Waals surface area contributed by atoms with Gasteiger partial charge >= 0.3 is 0 Å². The summed E-state index contributed by atoms with van der Waals surface area (Å²) in [4.78, 5) is 12.2. The third-order valence-electron chi connectivity index (χ3n) is 4.44. The van der Waals surface area contributed by atoms with Gasteiger partial charge in [-0.2, -0.15) is 4.31 Å². The van der Waals surface area contributed by atoms with Crippen LogP contribution in [0.3, 0.4) is 0 Å². The van der Waals surface area contributed by atoms with Crippen molar-refractivity contribution in [2.75, 3.05) is 18.4 Å². The Balaban J connectivity index is 2.24. The smallest absolute Gasteiger partial charge is 0.244 e. The quantitative estimate of drug-likeness (QED) is 0.800. The number of nitrogens with two attached hydrogens (primary N) is 1. The van der Waals surface area contributed by atoms with Crippen molar-refractivity contribution in [3.63, 3.8) is 0 Å². The second-order valence-electron chi connectivity index (χ2n) is 6.16. The zero-order valence-corrected chi connectivity index (χ0v) is 15.5. The number of hydrogen-bond acceptors (Lipinski definition) is 4. The second kappa shape index (κ2) is 7.82. The molecule has 2 unspecified atom stereocenters. The molecule has 1 aliphatic heterocycles. The van der Waals surface area contributed by atoms with E-state index in [2.05, 4.69) is 5.32 Å². The fourth-order valence-corrected chi connectivity index (χ4v) is 4.60. The number of nitrogens with zero attached hydrogens (tertiary/aromatic N) is 1. The molecule has 6 nitrogen and oxygen atoms in total. The molecule has 0 aromatic heterocycles. The molecule has 0 radical (unpaired) electrons. The summed E-state index contributed by atoms with van der Waals surface area (Å²) in [6.07, 6.45) is 2.47. The van der Waals surface area contributed by atoms with Crippen LogP contribution in [0, 0.1) is 5.92 Å². The van der Waals surface area contributed by atoms with Crippen LogP contribution in [0.4, 0.5) is 5.69 Å². The Bertz CT molecular complexity index is 703. The average molecular weight is 374 g/mol. The maximum Gasteiger partial charge on any atom is 0.244 e. The van der Waals surface area contributed by atoms with Crippen molar-refractivity contribution in [3.8, 4) is 0 Å². The standard InChI is InChI=1S/C16H24ClN3O3S/c1-3-11(2)15(18)16(21)19-12-6-7-13(17)14(10-12)24(22,23)20-8-4-5-9-20/h6-7,10-11,15H,3-5,8-9,18H2,1-2H3,(H,19,21). The van der Waals surface area contributed by atoms with Gasteiger partial charge < -0.3 is 11.1 Å². The number of halogens is 1. The summed E-state index contributed by atoms with van der Waals surface area (Å²) in [6, 6.07) is 3.81. The molecule has 1 heterocycles. The van der Waals surface area contributed by atoms with Crippen LogP contribution in [0.2, 0.25) is 5.02 Å². The summed E-state index contributed by atoms with van der Waals surface area (Å²) in [7, 11) is -3.65. The number of nitrogens with one attached hydrogen (secondary N) is 1.